The summed E-state index contributed by atoms with van der Waals surface area (Å²) in [6, 6.07) is 0. The van der Waals surface area contributed by atoms with Crippen molar-refractivity contribution in [2.45, 2.75) is 71.6 Å². The number of hydrogen-bond acceptors (Lipinski definition) is 1. The Labute approximate surface area is 106 Å². The topological polar surface area (TPSA) is 17.1 Å². The van der Waals surface area contributed by atoms with E-state index in [4.69, 9.17) is 11.6 Å². The Bertz CT molecular complexity index is 168. The Hall–Kier alpha value is -0.0400. The summed E-state index contributed by atoms with van der Waals surface area (Å²) in [5.41, 5.74) is 0. The first-order valence-corrected chi connectivity index (χ1v) is 7.32. The normalized spacial score (nSPS) is 12.7. The van der Waals surface area contributed by atoms with Crippen molar-refractivity contribution in [2.75, 3.05) is 5.88 Å². The monoisotopic (exact) mass is 246 g/mol. The molecule has 0 saturated carbocycles. The fourth-order valence-electron chi connectivity index (χ4n) is 2.03. The fourth-order valence-corrected chi connectivity index (χ4v) is 2.29. The SMILES string of the molecule is CCCCCCCCCC(CCCl)C(C)=O. The fraction of sp³-hybridized carbons (Fsp3) is 0.929. The second-order valence-electron chi connectivity index (χ2n) is 4.70. The van der Waals surface area contributed by atoms with Crippen molar-refractivity contribution in [3.05, 3.63) is 0 Å². The van der Waals surface area contributed by atoms with E-state index in [-0.39, 0.29) is 5.92 Å². The summed E-state index contributed by atoms with van der Waals surface area (Å²) in [6.07, 6.45) is 11.1. The van der Waals surface area contributed by atoms with Gasteiger partial charge in [0.15, 0.2) is 0 Å². The van der Waals surface area contributed by atoms with Crippen LogP contribution in [0.2, 0.25) is 0 Å². The van der Waals surface area contributed by atoms with Crippen LogP contribution in [0.5, 0.6) is 0 Å². The summed E-state index contributed by atoms with van der Waals surface area (Å²) in [7, 11) is 0. The minimum absolute atomic E-state index is 0.216. The number of Topliss-reactive ketones (excluding diaryl/α,β-unsaturated/α-hetero) is 1. The van der Waals surface area contributed by atoms with E-state index in [0.717, 1.165) is 12.8 Å². The molecule has 0 saturated heterocycles. The molecule has 0 aliphatic carbocycles. The minimum atomic E-state index is 0.216. The highest BCUT2D eigenvalue weighted by Gasteiger charge is 2.12. The Morgan fingerprint density at radius 3 is 2.06 bits per heavy atom. The average Bonchev–Trinajstić information content (AvgIpc) is 2.26. The van der Waals surface area contributed by atoms with Crippen molar-refractivity contribution in [1.82, 2.24) is 0 Å². The maximum atomic E-state index is 11.3. The molecule has 0 aromatic heterocycles. The smallest absolute Gasteiger partial charge is 0.132 e. The minimum Gasteiger partial charge on any atom is -0.300 e. The van der Waals surface area contributed by atoms with Crippen LogP contribution in [-0.4, -0.2) is 11.7 Å². The van der Waals surface area contributed by atoms with Gasteiger partial charge in [-0.2, -0.15) is 0 Å². The van der Waals surface area contributed by atoms with Crippen molar-refractivity contribution in [1.29, 1.82) is 0 Å². The summed E-state index contributed by atoms with van der Waals surface area (Å²) >= 11 is 5.69. The lowest BCUT2D eigenvalue weighted by Gasteiger charge is -2.11. The van der Waals surface area contributed by atoms with Crippen LogP contribution in [-0.2, 0) is 4.79 Å². The van der Waals surface area contributed by atoms with E-state index in [1.807, 2.05) is 0 Å². The number of hydrogen-bond donors (Lipinski definition) is 0. The Kier molecular flexibility index (Phi) is 11.4. The van der Waals surface area contributed by atoms with Gasteiger partial charge in [0.1, 0.15) is 5.78 Å². The van der Waals surface area contributed by atoms with Crippen molar-refractivity contribution in [2.24, 2.45) is 5.92 Å². The van der Waals surface area contributed by atoms with Crippen molar-refractivity contribution >= 4 is 17.4 Å². The molecule has 0 rings (SSSR count). The molecule has 0 aromatic carbocycles. The molecule has 1 nitrogen and oxygen atoms in total. The quantitative estimate of drug-likeness (QED) is 0.372. The molecule has 0 spiro atoms. The van der Waals surface area contributed by atoms with E-state index in [9.17, 15) is 4.79 Å². The first-order chi connectivity index (χ1) is 7.72. The summed E-state index contributed by atoms with van der Waals surface area (Å²) in [5, 5.41) is 0. The number of alkyl halides is 1. The third-order valence-corrected chi connectivity index (χ3v) is 3.41. The molecule has 0 amide bonds. The van der Waals surface area contributed by atoms with Crippen LogP contribution < -0.4 is 0 Å². The van der Waals surface area contributed by atoms with E-state index in [0.29, 0.717) is 11.7 Å². The van der Waals surface area contributed by atoms with Crippen LogP contribution >= 0.6 is 11.6 Å². The van der Waals surface area contributed by atoms with Gasteiger partial charge >= 0.3 is 0 Å². The molecule has 16 heavy (non-hydrogen) atoms. The van der Waals surface area contributed by atoms with Crippen molar-refractivity contribution < 1.29 is 4.79 Å². The van der Waals surface area contributed by atoms with Crippen LogP contribution in [0.3, 0.4) is 0 Å². The standard InChI is InChI=1S/C14H27ClO/c1-3-4-5-6-7-8-9-10-14(11-12-15)13(2)16/h14H,3-12H2,1-2H3. The highest BCUT2D eigenvalue weighted by atomic mass is 35.5. The van der Waals surface area contributed by atoms with E-state index in [1.54, 1.807) is 6.92 Å². The van der Waals surface area contributed by atoms with Crippen LogP contribution in [0.15, 0.2) is 0 Å². The molecule has 0 fully saturated rings. The number of carbonyl (C=O) groups is 1. The molecular formula is C14H27ClO. The van der Waals surface area contributed by atoms with E-state index in [2.05, 4.69) is 6.92 Å². The second-order valence-corrected chi connectivity index (χ2v) is 5.07. The maximum absolute atomic E-state index is 11.3. The maximum Gasteiger partial charge on any atom is 0.132 e. The third kappa shape index (κ3) is 9.21. The zero-order valence-electron chi connectivity index (χ0n) is 10.9. The van der Waals surface area contributed by atoms with Crippen LogP contribution in [0.1, 0.15) is 71.6 Å². The van der Waals surface area contributed by atoms with Crippen molar-refractivity contribution in [3.8, 4) is 0 Å². The van der Waals surface area contributed by atoms with Crippen LogP contribution in [0.25, 0.3) is 0 Å². The predicted octanol–water partition coefficient (Wildman–Crippen LogP) is 4.96. The van der Waals surface area contributed by atoms with Gasteiger partial charge in [-0.05, 0) is 19.8 Å². The molecule has 2 heteroatoms. The second kappa shape index (κ2) is 11.4. The van der Waals surface area contributed by atoms with Gasteiger partial charge in [-0.3, -0.25) is 4.79 Å². The largest absolute Gasteiger partial charge is 0.300 e. The van der Waals surface area contributed by atoms with Gasteiger partial charge in [0.05, 0.1) is 0 Å². The zero-order valence-corrected chi connectivity index (χ0v) is 11.7. The molecule has 0 heterocycles. The predicted molar refractivity (Wildman–Crippen MR) is 72.1 cm³/mol. The van der Waals surface area contributed by atoms with E-state index < -0.39 is 0 Å². The highest BCUT2D eigenvalue weighted by molar-refractivity contribution is 6.18. The molecule has 96 valence electrons. The van der Waals surface area contributed by atoms with Crippen LogP contribution in [0, 0.1) is 5.92 Å². The number of ketones is 1. The summed E-state index contributed by atoms with van der Waals surface area (Å²) in [4.78, 5) is 11.3. The highest BCUT2D eigenvalue weighted by Crippen LogP contribution is 2.17. The van der Waals surface area contributed by atoms with Gasteiger partial charge in [0.25, 0.3) is 0 Å². The molecular weight excluding hydrogens is 220 g/mol. The number of carbonyl (C=O) groups excluding carboxylic acids is 1. The third-order valence-electron chi connectivity index (χ3n) is 3.19. The molecule has 1 atom stereocenters. The van der Waals surface area contributed by atoms with Gasteiger partial charge in [-0.15, -0.1) is 11.6 Å². The number of halogens is 1. The van der Waals surface area contributed by atoms with Crippen molar-refractivity contribution in [3.63, 3.8) is 0 Å². The molecule has 0 bridgehead atoms. The van der Waals surface area contributed by atoms with E-state index in [1.165, 1.54) is 44.9 Å². The van der Waals surface area contributed by atoms with Gasteiger partial charge in [-0.1, -0.05) is 51.9 Å². The first kappa shape index (κ1) is 16.0. The van der Waals surface area contributed by atoms with Gasteiger partial charge in [-0.25, -0.2) is 0 Å². The van der Waals surface area contributed by atoms with Gasteiger partial charge in [0, 0.05) is 11.8 Å². The van der Waals surface area contributed by atoms with Gasteiger partial charge in [0.2, 0.25) is 0 Å². The lowest BCUT2D eigenvalue weighted by molar-refractivity contribution is -0.121. The number of rotatable bonds is 11. The molecule has 1 unspecified atom stereocenters. The lowest BCUT2D eigenvalue weighted by Crippen LogP contribution is -2.11. The molecule has 0 radical (unpaired) electrons. The zero-order chi connectivity index (χ0) is 12.2. The first-order valence-electron chi connectivity index (χ1n) is 6.78. The Balaban J connectivity index is 3.37. The van der Waals surface area contributed by atoms with E-state index >= 15 is 0 Å². The molecule has 0 aliphatic rings. The van der Waals surface area contributed by atoms with Crippen LogP contribution in [0.4, 0.5) is 0 Å². The summed E-state index contributed by atoms with van der Waals surface area (Å²) in [5.74, 6) is 1.14. The number of unbranched alkanes of at least 4 members (excludes halogenated alkanes) is 6. The Morgan fingerprint density at radius 2 is 1.56 bits per heavy atom. The molecule has 0 aromatic rings. The molecule has 0 aliphatic heterocycles. The summed E-state index contributed by atoms with van der Waals surface area (Å²) < 4.78 is 0. The Morgan fingerprint density at radius 1 is 1.00 bits per heavy atom. The average molecular weight is 247 g/mol. The molecule has 0 N–H and O–H groups in total. The van der Waals surface area contributed by atoms with Gasteiger partial charge < -0.3 is 0 Å². The summed E-state index contributed by atoms with van der Waals surface area (Å²) in [6.45, 7) is 3.93. The lowest BCUT2D eigenvalue weighted by atomic mass is 9.94.